The highest BCUT2D eigenvalue weighted by Crippen LogP contribution is 2.43. The van der Waals surface area contributed by atoms with Gasteiger partial charge in [-0.2, -0.15) is 0 Å². The van der Waals surface area contributed by atoms with Gasteiger partial charge in [0.2, 0.25) is 0 Å². The van der Waals surface area contributed by atoms with E-state index in [1.807, 2.05) is 83.3 Å². The fourth-order valence-corrected chi connectivity index (χ4v) is 4.64. The number of ether oxygens (including phenoxy) is 3. The molecule has 2 aromatic rings. The summed E-state index contributed by atoms with van der Waals surface area (Å²) in [5, 5.41) is 0. The van der Waals surface area contributed by atoms with Gasteiger partial charge in [0, 0.05) is 26.2 Å². The zero-order chi connectivity index (χ0) is 25.9. The van der Waals surface area contributed by atoms with Crippen LogP contribution in [0.2, 0.25) is 0 Å². The summed E-state index contributed by atoms with van der Waals surface area (Å²) in [4.78, 5) is 31.2. The zero-order valence-corrected chi connectivity index (χ0v) is 21.9. The highest BCUT2D eigenvalue weighted by Gasteiger charge is 2.34. The molecule has 8 nitrogen and oxygen atoms in total. The Morgan fingerprint density at radius 3 is 2.36 bits per heavy atom. The van der Waals surface area contributed by atoms with Gasteiger partial charge >= 0.3 is 12.2 Å². The second kappa shape index (κ2) is 10.7. The van der Waals surface area contributed by atoms with Crippen LogP contribution >= 0.6 is 0 Å². The Balaban J connectivity index is 1.44. The number of benzene rings is 2. The lowest BCUT2D eigenvalue weighted by Crippen LogP contribution is -2.47. The number of anilines is 2. The average Bonchev–Trinajstić information content (AvgIpc) is 2.85. The molecule has 1 fully saturated rings. The van der Waals surface area contributed by atoms with Gasteiger partial charge in [0.05, 0.1) is 17.9 Å². The molecule has 0 saturated carbocycles. The van der Waals surface area contributed by atoms with Crippen LogP contribution in [0.25, 0.3) is 0 Å². The van der Waals surface area contributed by atoms with E-state index < -0.39 is 5.60 Å². The van der Waals surface area contributed by atoms with Crippen LogP contribution in [0.4, 0.5) is 21.0 Å². The molecule has 2 amide bonds. The molecule has 1 saturated heterocycles. The highest BCUT2D eigenvalue weighted by atomic mass is 16.6. The van der Waals surface area contributed by atoms with Crippen molar-refractivity contribution >= 4 is 23.6 Å². The number of hydrogen-bond acceptors (Lipinski definition) is 6. The third kappa shape index (κ3) is 6.04. The van der Waals surface area contributed by atoms with E-state index in [1.54, 1.807) is 9.80 Å². The minimum Gasteiger partial charge on any atom is -0.484 e. The van der Waals surface area contributed by atoms with E-state index in [4.69, 9.17) is 14.2 Å². The number of hydrogen-bond donors (Lipinski definition) is 0. The summed E-state index contributed by atoms with van der Waals surface area (Å²) in [5.41, 5.74) is 2.10. The molecule has 194 valence electrons. The molecular weight excluding hydrogens is 458 g/mol. The van der Waals surface area contributed by atoms with E-state index in [1.165, 1.54) is 0 Å². The molecule has 0 spiro atoms. The topological polar surface area (TPSA) is 71.6 Å². The van der Waals surface area contributed by atoms with Crippen LogP contribution in [-0.2, 0) is 16.1 Å². The first-order valence-electron chi connectivity index (χ1n) is 12.6. The second-order valence-corrected chi connectivity index (χ2v) is 10.5. The lowest BCUT2D eigenvalue weighted by molar-refractivity contribution is 0.0200. The maximum absolute atomic E-state index is 13.0. The largest absolute Gasteiger partial charge is 0.484 e. The van der Waals surface area contributed by atoms with E-state index in [-0.39, 0.29) is 30.9 Å². The lowest BCUT2D eigenvalue weighted by atomic mass is 10.0. The zero-order valence-electron chi connectivity index (χ0n) is 21.9. The van der Waals surface area contributed by atoms with Crippen molar-refractivity contribution in [2.75, 3.05) is 36.5 Å². The third-order valence-corrected chi connectivity index (χ3v) is 6.48. The monoisotopic (exact) mass is 495 g/mol. The summed E-state index contributed by atoms with van der Waals surface area (Å²) in [6, 6.07) is 15.6. The van der Waals surface area contributed by atoms with Gasteiger partial charge in [-0.3, -0.25) is 4.90 Å². The molecule has 2 aliphatic heterocycles. The van der Waals surface area contributed by atoms with Gasteiger partial charge < -0.3 is 24.0 Å². The summed E-state index contributed by atoms with van der Waals surface area (Å²) < 4.78 is 17.4. The van der Waals surface area contributed by atoms with Gasteiger partial charge in [0.15, 0.2) is 5.75 Å². The standard InChI is InChI=1S/C28H37N3O5/c1-20-18-31(27(33)34-19-21-10-7-6-8-11-21)24-13-9-12-23(25(24)35-20)30-16-14-22(15-17-30)29(5)26(32)36-28(2,3)4/h6-13,20,22H,14-19H2,1-5H3/t20-/m0/s1. The normalized spacial score (nSPS) is 18.2. The van der Waals surface area contributed by atoms with Gasteiger partial charge in [-0.1, -0.05) is 36.4 Å². The van der Waals surface area contributed by atoms with E-state index in [9.17, 15) is 9.59 Å². The Kier molecular flexibility index (Phi) is 7.62. The van der Waals surface area contributed by atoms with Gasteiger partial charge in [-0.15, -0.1) is 0 Å². The molecule has 0 N–H and O–H groups in total. The van der Waals surface area contributed by atoms with Gasteiger partial charge in [-0.05, 0) is 58.2 Å². The summed E-state index contributed by atoms with van der Waals surface area (Å²) >= 11 is 0. The van der Waals surface area contributed by atoms with Crippen LogP contribution in [0.1, 0.15) is 46.1 Å². The molecule has 36 heavy (non-hydrogen) atoms. The number of fused-ring (bicyclic) bond motifs is 1. The maximum Gasteiger partial charge on any atom is 0.414 e. The van der Waals surface area contributed by atoms with Gasteiger partial charge in [0.25, 0.3) is 0 Å². The second-order valence-electron chi connectivity index (χ2n) is 10.5. The quantitative estimate of drug-likeness (QED) is 0.562. The maximum atomic E-state index is 13.0. The molecule has 2 heterocycles. The smallest absolute Gasteiger partial charge is 0.414 e. The van der Waals surface area contributed by atoms with Crippen molar-refractivity contribution in [2.45, 2.75) is 64.9 Å². The molecule has 4 rings (SSSR count). The van der Waals surface area contributed by atoms with E-state index in [0.717, 1.165) is 42.9 Å². The Hall–Kier alpha value is -3.42. The molecule has 0 radical (unpaired) electrons. The predicted octanol–water partition coefficient (Wildman–Crippen LogP) is 5.45. The minimum absolute atomic E-state index is 0.111. The number of rotatable bonds is 4. The number of nitrogens with zero attached hydrogens (tertiary/aromatic N) is 3. The molecule has 2 aromatic carbocycles. The molecule has 0 aliphatic carbocycles. The highest BCUT2D eigenvalue weighted by molar-refractivity contribution is 5.92. The first kappa shape index (κ1) is 25.7. The van der Waals surface area contributed by atoms with Gasteiger partial charge in [-0.25, -0.2) is 9.59 Å². The summed E-state index contributed by atoms with van der Waals surface area (Å²) in [6.07, 6.45) is 0.791. The average molecular weight is 496 g/mol. The molecule has 1 atom stereocenters. The number of carbonyl (C=O) groups excluding carboxylic acids is 2. The molecule has 0 unspecified atom stereocenters. The number of para-hydroxylation sites is 1. The Morgan fingerprint density at radius 2 is 1.69 bits per heavy atom. The van der Waals surface area contributed by atoms with Crippen LogP contribution in [0.5, 0.6) is 5.75 Å². The number of carbonyl (C=O) groups is 2. The van der Waals surface area contributed by atoms with Crippen molar-refractivity contribution in [3.8, 4) is 5.75 Å². The van der Waals surface area contributed by atoms with Crippen LogP contribution in [0, 0.1) is 0 Å². The van der Waals surface area contributed by atoms with Crippen molar-refractivity contribution in [1.82, 2.24) is 4.90 Å². The van der Waals surface area contributed by atoms with Gasteiger partial charge in [0.1, 0.15) is 18.3 Å². The van der Waals surface area contributed by atoms with Crippen LogP contribution in [0.3, 0.4) is 0 Å². The molecular formula is C28H37N3O5. The fourth-order valence-electron chi connectivity index (χ4n) is 4.64. The van der Waals surface area contributed by atoms with Crippen LogP contribution in [-0.4, -0.2) is 61.5 Å². The first-order valence-corrected chi connectivity index (χ1v) is 12.6. The first-order chi connectivity index (χ1) is 17.1. The van der Waals surface area contributed by atoms with Crippen LogP contribution in [0.15, 0.2) is 48.5 Å². The van der Waals surface area contributed by atoms with Crippen molar-refractivity contribution < 1.29 is 23.8 Å². The van der Waals surface area contributed by atoms with Crippen molar-refractivity contribution in [3.63, 3.8) is 0 Å². The van der Waals surface area contributed by atoms with E-state index >= 15 is 0 Å². The number of piperidine rings is 1. The SMILES string of the molecule is C[C@H]1CN(C(=O)OCc2ccccc2)c2cccc(N3CCC(N(C)C(=O)OC(C)(C)C)CC3)c2O1. The van der Waals surface area contributed by atoms with Crippen molar-refractivity contribution in [2.24, 2.45) is 0 Å². The Morgan fingerprint density at radius 1 is 1.03 bits per heavy atom. The summed E-state index contributed by atoms with van der Waals surface area (Å²) in [5.74, 6) is 0.701. The predicted molar refractivity (Wildman–Crippen MR) is 140 cm³/mol. The molecule has 2 aliphatic rings. The van der Waals surface area contributed by atoms with Crippen molar-refractivity contribution in [1.29, 1.82) is 0 Å². The molecule has 8 heteroatoms. The fraction of sp³-hybridized carbons (Fsp3) is 0.500. The van der Waals surface area contributed by atoms with Crippen molar-refractivity contribution in [3.05, 3.63) is 54.1 Å². The Bertz CT molecular complexity index is 1060. The summed E-state index contributed by atoms with van der Waals surface area (Å²) in [7, 11) is 1.81. The minimum atomic E-state index is -0.517. The Labute approximate surface area is 213 Å². The molecule has 0 aromatic heterocycles. The summed E-state index contributed by atoms with van der Waals surface area (Å²) in [6.45, 7) is 9.77. The third-order valence-electron chi connectivity index (χ3n) is 6.48. The lowest BCUT2D eigenvalue weighted by Gasteiger charge is -2.40. The molecule has 0 bridgehead atoms. The van der Waals surface area contributed by atoms with E-state index in [2.05, 4.69) is 4.90 Å². The van der Waals surface area contributed by atoms with E-state index in [0.29, 0.717) is 12.3 Å². The number of amides is 2. The van der Waals surface area contributed by atoms with Crippen LogP contribution < -0.4 is 14.5 Å².